The summed E-state index contributed by atoms with van der Waals surface area (Å²) in [6.07, 6.45) is 4.70. The Morgan fingerprint density at radius 3 is 2.00 bits per heavy atom. The zero-order chi connectivity index (χ0) is 12.8. The molecule has 0 amide bonds. The first-order valence-electron chi connectivity index (χ1n) is 7.39. The van der Waals surface area contributed by atoms with Gasteiger partial charge in [-0.1, -0.05) is 40.5 Å². The minimum Gasteiger partial charge on any atom is -0.393 e. The molecule has 0 aromatic rings. The van der Waals surface area contributed by atoms with E-state index in [2.05, 4.69) is 32.6 Å². The molecule has 1 rings (SSSR count). The first-order chi connectivity index (χ1) is 7.99. The van der Waals surface area contributed by atoms with Gasteiger partial charge in [-0.2, -0.15) is 0 Å². The van der Waals surface area contributed by atoms with Gasteiger partial charge in [0.1, 0.15) is 0 Å². The molecule has 2 atom stereocenters. The fourth-order valence-electron chi connectivity index (χ4n) is 2.99. The zero-order valence-corrected chi connectivity index (χ0v) is 12.2. The average Bonchev–Trinajstić information content (AvgIpc) is 2.19. The molecule has 1 aliphatic rings. The highest BCUT2D eigenvalue weighted by Crippen LogP contribution is 2.25. The van der Waals surface area contributed by atoms with E-state index in [0.29, 0.717) is 5.92 Å². The summed E-state index contributed by atoms with van der Waals surface area (Å²) in [5.41, 5.74) is 0. The highest BCUT2D eigenvalue weighted by Gasteiger charge is 2.25. The Balaban J connectivity index is 2.45. The summed E-state index contributed by atoms with van der Waals surface area (Å²) in [6, 6.07) is 0. The summed E-state index contributed by atoms with van der Waals surface area (Å²) < 4.78 is 0. The van der Waals surface area contributed by atoms with E-state index in [4.69, 9.17) is 0 Å². The fraction of sp³-hybridized carbons (Fsp3) is 1.00. The lowest BCUT2D eigenvalue weighted by Crippen LogP contribution is -2.40. The predicted molar refractivity (Wildman–Crippen MR) is 74.1 cm³/mol. The first kappa shape index (κ1) is 15.0. The van der Waals surface area contributed by atoms with Crippen LogP contribution in [-0.2, 0) is 0 Å². The smallest absolute Gasteiger partial charge is 0.0580 e. The van der Waals surface area contributed by atoms with Gasteiger partial charge >= 0.3 is 0 Å². The quantitative estimate of drug-likeness (QED) is 0.772. The van der Waals surface area contributed by atoms with Crippen LogP contribution in [0.4, 0.5) is 0 Å². The molecule has 0 aliphatic heterocycles. The molecule has 0 aromatic carbocycles. The van der Waals surface area contributed by atoms with Crippen LogP contribution < -0.4 is 0 Å². The van der Waals surface area contributed by atoms with E-state index in [1.165, 1.54) is 32.4 Å². The number of hydrogen-bond donors (Lipinski definition) is 1. The van der Waals surface area contributed by atoms with Gasteiger partial charge in [-0.3, -0.25) is 0 Å². The summed E-state index contributed by atoms with van der Waals surface area (Å²) in [7, 11) is 0. The molecule has 0 radical (unpaired) electrons. The van der Waals surface area contributed by atoms with Gasteiger partial charge < -0.3 is 10.0 Å². The van der Waals surface area contributed by atoms with E-state index in [9.17, 15) is 5.11 Å². The van der Waals surface area contributed by atoms with Crippen LogP contribution in [0, 0.1) is 17.8 Å². The molecule has 1 fully saturated rings. The standard InChI is InChI=1S/C15H31NO/c1-12(2)9-16(10-13(3)4)11-14-7-5-6-8-15(14)17/h12-15,17H,5-11H2,1-4H3. The molecule has 0 spiro atoms. The maximum Gasteiger partial charge on any atom is 0.0580 e. The van der Waals surface area contributed by atoms with Gasteiger partial charge in [-0.25, -0.2) is 0 Å². The summed E-state index contributed by atoms with van der Waals surface area (Å²) >= 11 is 0. The number of rotatable bonds is 6. The third-order valence-corrected chi connectivity index (χ3v) is 3.61. The van der Waals surface area contributed by atoms with Crippen LogP contribution in [0.5, 0.6) is 0 Å². The molecule has 2 unspecified atom stereocenters. The molecule has 1 N–H and O–H groups in total. The summed E-state index contributed by atoms with van der Waals surface area (Å²) in [5.74, 6) is 1.95. The molecule has 0 saturated heterocycles. The van der Waals surface area contributed by atoms with Crippen LogP contribution in [0.1, 0.15) is 53.4 Å². The van der Waals surface area contributed by atoms with Crippen molar-refractivity contribution in [2.75, 3.05) is 19.6 Å². The monoisotopic (exact) mass is 241 g/mol. The van der Waals surface area contributed by atoms with Crippen molar-refractivity contribution in [1.82, 2.24) is 4.90 Å². The Morgan fingerprint density at radius 1 is 1.00 bits per heavy atom. The number of hydrogen-bond acceptors (Lipinski definition) is 2. The van der Waals surface area contributed by atoms with Gasteiger partial charge in [0.2, 0.25) is 0 Å². The molecule has 1 saturated carbocycles. The zero-order valence-electron chi connectivity index (χ0n) is 12.2. The van der Waals surface area contributed by atoms with Crippen molar-refractivity contribution in [1.29, 1.82) is 0 Å². The van der Waals surface area contributed by atoms with Crippen molar-refractivity contribution in [3.63, 3.8) is 0 Å². The van der Waals surface area contributed by atoms with Crippen molar-refractivity contribution in [2.24, 2.45) is 17.8 Å². The minimum absolute atomic E-state index is 0.0504. The fourth-order valence-corrected chi connectivity index (χ4v) is 2.99. The van der Waals surface area contributed by atoms with E-state index in [-0.39, 0.29) is 6.10 Å². The van der Waals surface area contributed by atoms with E-state index < -0.39 is 0 Å². The van der Waals surface area contributed by atoms with Crippen LogP contribution in [0.2, 0.25) is 0 Å². The molecule has 0 bridgehead atoms. The minimum atomic E-state index is -0.0504. The van der Waals surface area contributed by atoms with Crippen LogP contribution in [0.3, 0.4) is 0 Å². The highest BCUT2D eigenvalue weighted by atomic mass is 16.3. The highest BCUT2D eigenvalue weighted by molar-refractivity contribution is 4.78. The van der Waals surface area contributed by atoms with E-state index >= 15 is 0 Å². The van der Waals surface area contributed by atoms with Gasteiger partial charge in [0.25, 0.3) is 0 Å². The number of aliphatic hydroxyl groups is 1. The van der Waals surface area contributed by atoms with Crippen LogP contribution in [0.15, 0.2) is 0 Å². The van der Waals surface area contributed by atoms with Crippen molar-refractivity contribution in [3.05, 3.63) is 0 Å². The molecule has 2 nitrogen and oxygen atoms in total. The molecular weight excluding hydrogens is 210 g/mol. The lowest BCUT2D eigenvalue weighted by atomic mass is 9.86. The second-order valence-corrected chi connectivity index (χ2v) is 6.62. The van der Waals surface area contributed by atoms with Gasteiger partial charge in [0.05, 0.1) is 6.10 Å². The number of aliphatic hydroxyl groups excluding tert-OH is 1. The maximum absolute atomic E-state index is 10.1. The van der Waals surface area contributed by atoms with Crippen molar-refractivity contribution >= 4 is 0 Å². The Labute approximate surface area is 107 Å². The van der Waals surface area contributed by atoms with Crippen LogP contribution in [0.25, 0.3) is 0 Å². The van der Waals surface area contributed by atoms with Crippen molar-refractivity contribution in [2.45, 2.75) is 59.5 Å². The van der Waals surface area contributed by atoms with Gasteiger partial charge in [0, 0.05) is 19.6 Å². The molecule has 102 valence electrons. The second-order valence-electron chi connectivity index (χ2n) is 6.62. The molecular formula is C15H31NO. The second kappa shape index (κ2) is 7.38. The largest absolute Gasteiger partial charge is 0.393 e. The van der Waals surface area contributed by atoms with Crippen LogP contribution in [-0.4, -0.2) is 35.7 Å². The maximum atomic E-state index is 10.1. The van der Waals surface area contributed by atoms with Gasteiger partial charge in [-0.15, -0.1) is 0 Å². The average molecular weight is 241 g/mol. The van der Waals surface area contributed by atoms with Crippen molar-refractivity contribution < 1.29 is 5.11 Å². The first-order valence-corrected chi connectivity index (χ1v) is 7.39. The third kappa shape index (κ3) is 5.87. The Bertz CT molecular complexity index is 193. The predicted octanol–water partition coefficient (Wildman–Crippen LogP) is 3.15. The van der Waals surface area contributed by atoms with Gasteiger partial charge in [0.15, 0.2) is 0 Å². The van der Waals surface area contributed by atoms with Gasteiger partial charge in [-0.05, 0) is 30.6 Å². The SMILES string of the molecule is CC(C)CN(CC(C)C)CC1CCCCC1O. The van der Waals surface area contributed by atoms with E-state index in [1.54, 1.807) is 0 Å². The molecule has 17 heavy (non-hydrogen) atoms. The lowest BCUT2D eigenvalue weighted by Gasteiger charge is -2.34. The van der Waals surface area contributed by atoms with Crippen LogP contribution >= 0.6 is 0 Å². The Hall–Kier alpha value is -0.0800. The van der Waals surface area contributed by atoms with E-state index in [1.807, 2.05) is 0 Å². The summed E-state index contributed by atoms with van der Waals surface area (Å²) in [5, 5.41) is 10.1. The topological polar surface area (TPSA) is 23.5 Å². The Kier molecular flexibility index (Phi) is 6.50. The summed E-state index contributed by atoms with van der Waals surface area (Å²) in [6.45, 7) is 12.6. The van der Waals surface area contributed by atoms with Crippen molar-refractivity contribution in [3.8, 4) is 0 Å². The third-order valence-electron chi connectivity index (χ3n) is 3.61. The number of nitrogens with zero attached hydrogens (tertiary/aromatic N) is 1. The lowest BCUT2D eigenvalue weighted by molar-refractivity contribution is 0.0413. The molecule has 0 heterocycles. The normalized spacial score (nSPS) is 26.1. The molecule has 1 aliphatic carbocycles. The van der Waals surface area contributed by atoms with E-state index in [0.717, 1.165) is 24.8 Å². The summed E-state index contributed by atoms with van der Waals surface area (Å²) in [4.78, 5) is 2.56. The molecule has 2 heteroatoms. The molecule has 0 aromatic heterocycles. The Morgan fingerprint density at radius 2 is 1.53 bits per heavy atom.